The second-order valence-corrected chi connectivity index (χ2v) is 6.61. The van der Waals surface area contributed by atoms with Gasteiger partial charge in [-0.05, 0) is 6.07 Å². The van der Waals surface area contributed by atoms with Crippen LogP contribution < -0.4 is 15.8 Å². The fraction of sp³-hybridized carbons (Fsp3) is 0.421. The molecule has 3 rings (SSSR count). The summed E-state index contributed by atoms with van der Waals surface area (Å²) < 4.78 is 15.3. The van der Waals surface area contributed by atoms with E-state index in [4.69, 9.17) is 0 Å². The Balaban J connectivity index is 1.57. The topological polar surface area (TPSA) is 86.0 Å². The fourth-order valence-electron chi connectivity index (χ4n) is 3.21. The van der Waals surface area contributed by atoms with E-state index in [-0.39, 0.29) is 17.7 Å². The van der Waals surface area contributed by atoms with E-state index in [9.17, 15) is 14.3 Å². The van der Waals surface area contributed by atoms with Crippen LogP contribution in [-0.2, 0) is 7.05 Å². The first-order chi connectivity index (χ1) is 13.5. The zero-order chi connectivity index (χ0) is 20.1. The molecule has 8 nitrogen and oxygen atoms in total. The number of rotatable bonds is 4. The Morgan fingerprint density at radius 2 is 2.04 bits per heavy atom. The number of anilines is 1. The van der Waals surface area contributed by atoms with Gasteiger partial charge in [0.1, 0.15) is 5.82 Å². The van der Waals surface area contributed by atoms with Crippen molar-refractivity contribution in [2.75, 3.05) is 44.7 Å². The van der Waals surface area contributed by atoms with Crippen molar-refractivity contribution in [1.82, 2.24) is 19.8 Å². The van der Waals surface area contributed by atoms with Crippen molar-refractivity contribution in [3.8, 4) is 0 Å². The first-order valence-corrected chi connectivity index (χ1v) is 9.16. The lowest BCUT2D eigenvalue weighted by Crippen LogP contribution is -2.54. The van der Waals surface area contributed by atoms with Gasteiger partial charge in [0.25, 0.3) is 5.56 Å². The van der Waals surface area contributed by atoms with E-state index >= 15 is 0 Å². The van der Waals surface area contributed by atoms with Gasteiger partial charge in [-0.15, -0.1) is 0 Å². The molecule has 1 fully saturated rings. The highest BCUT2D eigenvalue weighted by atomic mass is 19.1. The average Bonchev–Trinajstić information content (AvgIpc) is 2.71. The van der Waals surface area contributed by atoms with Crippen LogP contribution in [0.5, 0.6) is 0 Å². The highest BCUT2D eigenvalue weighted by Gasteiger charge is 2.23. The molecular formula is C19H25FN6O2. The van der Waals surface area contributed by atoms with Gasteiger partial charge in [0.05, 0.1) is 6.10 Å². The van der Waals surface area contributed by atoms with Gasteiger partial charge in [-0.25, -0.2) is 9.37 Å². The molecule has 28 heavy (non-hydrogen) atoms. The van der Waals surface area contributed by atoms with Gasteiger partial charge in [0.15, 0.2) is 11.8 Å². The summed E-state index contributed by atoms with van der Waals surface area (Å²) in [6, 6.07) is 6.18. The van der Waals surface area contributed by atoms with Crippen LogP contribution in [-0.4, -0.2) is 65.3 Å². The second kappa shape index (κ2) is 8.83. The van der Waals surface area contributed by atoms with E-state index in [1.54, 1.807) is 44.7 Å². The number of aliphatic hydroxyl groups excluding tert-OH is 1. The molecule has 2 heterocycles. The number of nitrogens with zero attached hydrogens (tertiary/aromatic N) is 5. The number of guanidine groups is 1. The normalized spacial score (nSPS) is 16.2. The molecule has 0 amide bonds. The van der Waals surface area contributed by atoms with Gasteiger partial charge in [-0.2, -0.15) is 0 Å². The predicted octanol–water partition coefficient (Wildman–Crippen LogP) is 0.350. The Hall–Kier alpha value is -2.94. The fourth-order valence-corrected chi connectivity index (χ4v) is 3.21. The zero-order valence-electron chi connectivity index (χ0n) is 16.0. The monoisotopic (exact) mass is 388 g/mol. The lowest BCUT2D eigenvalue weighted by Gasteiger charge is -2.36. The van der Waals surface area contributed by atoms with E-state index in [0.29, 0.717) is 38.0 Å². The van der Waals surface area contributed by atoms with Gasteiger partial charge in [-0.1, -0.05) is 18.2 Å². The third-order valence-corrected chi connectivity index (χ3v) is 4.81. The number of aliphatic hydroxyl groups is 1. The summed E-state index contributed by atoms with van der Waals surface area (Å²) in [4.78, 5) is 24.7. The summed E-state index contributed by atoms with van der Waals surface area (Å²) in [7, 11) is 3.37. The molecule has 0 aliphatic carbocycles. The maximum absolute atomic E-state index is 13.8. The Morgan fingerprint density at radius 1 is 1.32 bits per heavy atom. The summed E-state index contributed by atoms with van der Waals surface area (Å²) in [5.74, 6) is 0.642. The lowest BCUT2D eigenvalue weighted by molar-refractivity contribution is 0.174. The number of hydrogen-bond acceptors (Lipinski definition) is 5. The van der Waals surface area contributed by atoms with Crippen LogP contribution in [0.1, 0.15) is 11.7 Å². The summed E-state index contributed by atoms with van der Waals surface area (Å²) in [5, 5.41) is 13.4. The van der Waals surface area contributed by atoms with Crippen molar-refractivity contribution in [2.45, 2.75) is 6.10 Å². The molecule has 1 aliphatic rings. The molecule has 1 aromatic heterocycles. The number of aryl methyl sites for hydroxylation is 1. The van der Waals surface area contributed by atoms with Crippen LogP contribution in [0.4, 0.5) is 10.2 Å². The Bertz CT molecular complexity index is 892. The van der Waals surface area contributed by atoms with Crippen LogP contribution in [0.2, 0.25) is 0 Å². The molecule has 2 N–H and O–H groups in total. The first kappa shape index (κ1) is 19.8. The maximum atomic E-state index is 13.8. The van der Waals surface area contributed by atoms with E-state index in [1.165, 1.54) is 10.6 Å². The number of aromatic nitrogens is 2. The number of hydrogen-bond donors (Lipinski definition) is 2. The van der Waals surface area contributed by atoms with Crippen LogP contribution in [0.3, 0.4) is 0 Å². The largest absolute Gasteiger partial charge is 0.386 e. The van der Waals surface area contributed by atoms with Crippen molar-refractivity contribution >= 4 is 11.8 Å². The zero-order valence-corrected chi connectivity index (χ0v) is 16.0. The Morgan fingerprint density at radius 3 is 2.71 bits per heavy atom. The standard InChI is InChI=1S/C19H25FN6O2/c1-21-19(23-13-16(27)14-5-3-4-6-15(14)20)26-11-9-25(10-12-26)17-18(28)24(2)8-7-22-17/h3-8,16,27H,9-13H2,1-2H3,(H,21,23). The molecule has 1 unspecified atom stereocenters. The highest BCUT2D eigenvalue weighted by molar-refractivity contribution is 5.80. The van der Waals surface area contributed by atoms with E-state index < -0.39 is 11.9 Å². The number of nitrogens with one attached hydrogen (secondary N) is 1. The number of aliphatic imine (C=N–C) groups is 1. The molecule has 150 valence electrons. The average molecular weight is 388 g/mol. The minimum atomic E-state index is -0.976. The first-order valence-electron chi connectivity index (χ1n) is 9.16. The van der Waals surface area contributed by atoms with Gasteiger partial charge >= 0.3 is 0 Å². The summed E-state index contributed by atoms with van der Waals surface area (Å²) in [6.07, 6.45) is 2.28. The Kier molecular flexibility index (Phi) is 6.25. The highest BCUT2D eigenvalue weighted by Crippen LogP contribution is 2.16. The van der Waals surface area contributed by atoms with Crippen LogP contribution in [0.25, 0.3) is 0 Å². The summed E-state index contributed by atoms with van der Waals surface area (Å²) in [6.45, 7) is 2.70. The number of halogens is 1. The van der Waals surface area contributed by atoms with Crippen LogP contribution in [0, 0.1) is 5.82 Å². The molecule has 1 aliphatic heterocycles. The minimum absolute atomic E-state index is 0.119. The van der Waals surface area contributed by atoms with E-state index in [2.05, 4.69) is 15.3 Å². The molecule has 0 bridgehead atoms. The SMILES string of the molecule is CN=C(NCC(O)c1ccccc1F)N1CCN(c2nccn(C)c2=O)CC1. The van der Waals surface area contributed by atoms with Gasteiger partial charge in [0.2, 0.25) is 0 Å². The molecule has 0 radical (unpaired) electrons. The van der Waals surface area contributed by atoms with Crippen LogP contribution in [0.15, 0.2) is 46.4 Å². The van der Waals surface area contributed by atoms with Crippen molar-refractivity contribution < 1.29 is 9.50 Å². The smallest absolute Gasteiger partial charge is 0.293 e. The van der Waals surface area contributed by atoms with Crippen molar-refractivity contribution in [3.05, 3.63) is 58.4 Å². The van der Waals surface area contributed by atoms with E-state index in [0.717, 1.165) is 0 Å². The quantitative estimate of drug-likeness (QED) is 0.581. The molecular weight excluding hydrogens is 363 g/mol. The predicted molar refractivity (Wildman–Crippen MR) is 106 cm³/mol. The summed E-state index contributed by atoms with van der Waals surface area (Å²) >= 11 is 0. The third-order valence-electron chi connectivity index (χ3n) is 4.81. The Labute approximate surface area is 163 Å². The van der Waals surface area contributed by atoms with E-state index in [1.807, 2.05) is 9.80 Å². The maximum Gasteiger partial charge on any atom is 0.293 e. The van der Waals surface area contributed by atoms with Gasteiger partial charge < -0.3 is 24.8 Å². The van der Waals surface area contributed by atoms with Crippen molar-refractivity contribution in [3.63, 3.8) is 0 Å². The lowest BCUT2D eigenvalue weighted by atomic mass is 10.1. The molecule has 0 saturated carbocycles. The van der Waals surface area contributed by atoms with Gasteiger partial charge in [0, 0.05) is 64.8 Å². The number of benzene rings is 1. The van der Waals surface area contributed by atoms with Crippen molar-refractivity contribution in [2.24, 2.45) is 12.0 Å². The summed E-state index contributed by atoms with van der Waals surface area (Å²) in [5.41, 5.74) is 0.132. The third kappa shape index (κ3) is 4.30. The van der Waals surface area contributed by atoms with Gasteiger partial charge in [-0.3, -0.25) is 9.79 Å². The molecule has 9 heteroatoms. The number of piperazine rings is 1. The minimum Gasteiger partial charge on any atom is -0.386 e. The molecule has 2 aromatic rings. The molecule has 1 atom stereocenters. The van der Waals surface area contributed by atoms with Crippen LogP contribution >= 0.6 is 0 Å². The molecule has 1 saturated heterocycles. The molecule has 1 aromatic carbocycles. The second-order valence-electron chi connectivity index (χ2n) is 6.61. The van der Waals surface area contributed by atoms with Crippen molar-refractivity contribution in [1.29, 1.82) is 0 Å². The molecule has 0 spiro atoms.